The zero-order chi connectivity index (χ0) is 22.4. The van der Waals surface area contributed by atoms with E-state index in [0.717, 1.165) is 36.1 Å². The van der Waals surface area contributed by atoms with E-state index in [-0.39, 0.29) is 23.7 Å². The number of hydrogen-bond acceptors (Lipinski definition) is 7. The molecule has 1 aliphatic rings. The van der Waals surface area contributed by atoms with Gasteiger partial charge < -0.3 is 19.9 Å². The second kappa shape index (κ2) is 10.1. The maximum atomic E-state index is 12.8. The number of nitrogens with one attached hydrogen (secondary N) is 1. The van der Waals surface area contributed by atoms with Crippen molar-refractivity contribution >= 4 is 34.3 Å². The number of phenols is 1. The number of nitriles is 1. The van der Waals surface area contributed by atoms with Gasteiger partial charge in [0.15, 0.2) is 11.5 Å². The van der Waals surface area contributed by atoms with Crippen LogP contribution in [0.4, 0.5) is 5.00 Å². The predicted octanol–water partition coefficient (Wildman–Crippen LogP) is 4.45. The summed E-state index contributed by atoms with van der Waals surface area (Å²) in [5.41, 5.74) is 1.74. The van der Waals surface area contributed by atoms with E-state index in [4.69, 9.17) is 9.47 Å². The average Bonchev–Trinajstić information content (AvgIpc) is 3.12. The van der Waals surface area contributed by atoms with Gasteiger partial charge in [0.25, 0.3) is 5.91 Å². The molecule has 2 N–H and O–H groups in total. The molecule has 0 saturated carbocycles. The summed E-state index contributed by atoms with van der Waals surface area (Å²) < 4.78 is 10.6. The number of hydrogen-bond donors (Lipinski definition) is 2. The van der Waals surface area contributed by atoms with Gasteiger partial charge in [-0.25, -0.2) is 4.79 Å². The van der Waals surface area contributed by atoms with Crippen LogP contribution in [0.15, 0.2) is 23.8 Å². The Hall–Kier alpha value is -3.31. The van der Waals surface area contributed by atoms with E-state index < -0.39 is 11.9 Å². The molecule has 1 heterocycles. The van der Waals surface area contributed by atoms with E-state index in [2.05, 4.69) is 5.32 Å². The third-order valence-electron chi connectivity index (χ3n) is 4.84. The minimum absolute atomic E-state index is 0.0230. The van der Waals surface area contributed by atoms with Gasteiger partial charge in [-0.2, -0.15) is 5.26 Å². The van der Waals surface area contributed by atoms with Gasteiger partial charge in [-0.3, -0.25) is 4.79 Å². The molecule has 0 unspecified atom stereocenters. The molecule has 1 aromatic carbocycles. The first-order valence-corrected chi connectivity index (χ1v) is 11.0. The van der Waals surface area contributed by atoms with Gasteiger partial charge in [-0.05, 0) is 68.9 Å². The summed E-state index contributed by atoms with van der Waals surface area (Å²) in [6, 6.07) is 6.48. The molecular weight excluding hydrogens is 416 g/mol. The fourth-order valence-electron chi connectivity index (χ4n) is 3.45. The molecule has 0 aliphatic heterocycles. The Morgan fingerprint density at radius 3 is 2.74 bits per heavy atom. The standard InChI is InChI=1S/C23H24N2O5S/c1-3-29-18-12-14(9-10-17(18)26)11-15(13-24)21(27)25-22-20(23(28)30-4-2)16-7-5-6-8-19(16)31-22/h9-12,26H,3-8H2,1-2H3,(H,25,27)/b15-11+. The van der Waals surface area contributed by atoms with Crippen LogP contribution in [0.25, 0.3) is 6.08 Å². The Balaban J connectivity index is 1.90. The third-order valence-corrected chi connectivity index (χ3v) is 6.04. The monoisotopic (exact) mass is 440 g/mol. The minimum Gasteiger partial charge on any atom is -0.504 e. The molecule has 162 valence electrons. The lowest BCUT2D eigenvalue weighted by atomic mass is 9.95. The van der Waals surface area contributed by atoms with Gasteiger partial charge in [0.1, 0.15) is 16.6 Å². The number of rotatable bonds is 7. The molecule has 1 amide bonds. The molecule has 31 heavy (non-hydrogen) atoms. The van der Waals surface area contributed by atoms with E-state index in [9.17, 15) is 20.0 Å². The first kappa shape index (κ1) is 22.4. The number of phenolic OH excluding ortho intramolecular Hbond substituents is 1. The Bertz CT molecular complexity index is 1060. The van der Waals surface area contributed by atoms with Gasteiger partial charge in [-0.15, -0.1) is 11.3 Å². The molecule has 0 spiro atoms. The number of carbonyl (C=O) groups is 2. The lowest BCUT2D eigenvalue weighted by Crippen LogP contribution is -2.16. The molecule has 2 aromatic rings. The fourth-order valence-corrected chi connectivity index (χ4v) is 4.72. The molecule has 7 nitrogen and oxygen atoms in total. The van der Waals surface area contributed by atoms with Crippen LogP contribution in [0.5, 0.6) is 11.5 Å². The van der Waals surface area contributed by atoms with Crippen molar-refractivity contribution in [2.24, 2.45) is 0 Å². The largest absolute Gasteiger partial charge is 0.504 e. The number of fused-ring (bicyclic) bond motifs is 1. The van der Waals surface area contributed by atoms with Crippen molar-refractivity contribution < 1.29 is 24.2 Å². The summed E-state index contributed by atoms with van der Waals surface area (Å²) in [6.45, 7) is 4.13. The summed E-state index contributed by atoms with van der Waals surface area (Å²) in [6.07, 6.45) is 5.06. The van der Waals surface area contributed by atoms with Crippen molar-refractivity contribution in [3.05, 3.63) is 45.3 Å². The zero-order valence-electron chi connectivity index (χ0n) is 17.5. The highest BCUT2D eigenvalue weighted by Gasteiger charge is 2.27. The van der Waals surface area contributed by atoms with Crippen LogP contribution in [0.3, 0.4) is 0 Å². The van der Waals surface area contributed by atoms with Crippen LogP contribution in [-0.2, 0) is 22.4 Å². The number of nitrogens with zero attached hydrogens (tertiary/aromatic N) is 1. The second-order valence-corrected chi connectivity index (χ2v) is 8.02. The Kier molecular flexibility index (Phi) is 7.32. The Labute approximate surface area is 184 Å². The van der Waals surface area contributed by atoms with Crippen LogP contribution >= 0.6 is 11.3 Å². The predicted molar refractivity (Wildman–Crippen MR) is 118 cm³/mol. The second-order valence-electron chi connectivity index (χ2n) is 6.92. The van der Waals surface area contributed by atoms with Crippen molar-refractivity contribution in [2.75, 3.05) is 18.5 Å². The molecule has 0 radical (unpaired) electrons. The Morgan fingerprint density at radius 2 is 2.03 bits per heavy atom. The highest BCUT2D eigenvalue weighted by atomic mass is 32.1. The zero-order valence-corrected chi connectivity index (χ0v) is 18.3. The number of thiophene rings is 1. The molecule has 1 aliphatic carbocycles. The number of amides is 1. The fraction of sp³-hybridized carbons (Fsp3) is 0.348. The topological polar surface area (TPSA) is 109 Å². The first-order valence-electron chi connectivity index (χ1n) is 10.2. The number of esters is 1. The molecule has 8 heteroatoms. The molecule has 1 aromatic heterocycles. The van der Waals surface area contributed by atoms with Gasteiger partial charge in [-0.1, -0.05) is 6.07 Å². The van der Waals surface area contributed by atoms with E-state index in [1.165, 1.54) is 23.5 Å². The molecule has 0 fully saturated rings. The van der Waals surface area contributed by atoms with Gasteiger partial charge in [0.05, 0.1) is 18.8 Å². The van der Waals surface area contributed by atoms with E-state index >= 15 is 0 Å². The summed E-state index contributed by atoms with van der Waals surface area (Å²) in [4.78, 5) is 26.5. The maximum absolute atomic E-state index is 12.8. The smallest absolute Gasteiger partial charge is 0.341 e. The van der Waals surface area contributed by atoms with E-state index in [1.54, 1.807) is 26.0 Å². The van der Waals surface area contributed by atoms with Crippen molar-refractivity contribution in [1.29, 1.82) is 5.26 Å². The van der Waals surface area contributed by atoms with Crippen LogP contribution in [0.2, 0.25) is 0 Å². The molecule has 0 atom stereocenters. The van der Waals surface area contributed by atoms with Gasteiger partial charge >= 0.3 is 5.97 Å². The summed E-state index contributed by atoms with van der Waals surface area (Å²) in [7, 11) is 0. The lowest BCUT2D eigenvalue weighted by Gasteiger charge is -2.12. The average molecular weight is 441 g/mol. The molecule has 0 saturated heterocycles. The summed E-state index contributed by atoms with van der Waals surface area (Å²) in [5, 5.41) is 22.5. The van der Waals surface area contributed by atoms with Gasteiger partial charge in [0.2, 0.25) is 0 Å². The third kappa shape index (κ3) is 5.06. The summed E-state index contributed by atoms with van der Waals surface area (Å²) in [5.74, 6) is -0.827. The number of anilines is 1. The summed E-state index contributed by atoms with van der Waals surface area (Å²) >= 11 is 1.37. The van der Waals surface area contributed by atoms with Crippen LogP contribution in [0.1, 0.15) is 53.1 Å². The highest BCUT2D eigenvalue weighted by Crippen LogP contribution is 2.39. The lowest BCUT2D eigenvalue weighted by molar-refractivity contribution is -0.112. The van der Waals surface area contributed by atoms with Crippen molar-refractivity contribution in [2.45, 2.75) is 39.5 Å². The SMILES string of the molecule is CCOC(=O)c1c(NC(=O)/C(C#N)=C/c2ccc(O)c(OCC)c2)sc2c1CCCC2. The van der Waals surface area contributed by atoms with Crippen molar-refractivity contribution in [3.63, 3.8) is 0 Å². The molecule has 0 bridgehead atoms. The number of aromatic hydroxyl groups is 1. The normalized spacial score (nSPS) is 13.1. The van der Waals surface area contributed by atoms with Gasteiger partial charge in [0, 0.05) is 4.88 Å². The first-order chi connectivity index (χ1) is 15.0. The van der Waals surface area contributed by atoms with Crippen LogP contribution < -0.4 is 10.1 Å². The number of aryl methyl sites for hydroxylation is 1. The number of benzene rings is 1. The number of carbonyl (C=O) groups excluding carboxylic acids is 2. The minimum atomic E-state index is -0.613. The number of ether oxygens (including phenoxy) is 2. The molecular formula is C23H24N2O5S. The van der Waals surface area contributed by atoms with E-state index in [0.29, 0.717) is 22.7 Å². The highest BCUT2D eigenvalue weighted by molar-refractivity contribution is 7.17. The van der Waals surface area contributed by atoms with Crippen molar-refractivity contribution in [1.82, 2.24) is 0 Å². The van der Waals surface area contributed by atoms with E-state index in [1.807, 2.05) is 6.07 Å². The molecule has 3 rings (SSSR count). The maximum Gasteiger partial charge on any atom is 0.341 e. The van der Waals surface area contributed by atoms with Crippen LogP contribution in [-0.4, -0.2) is 30.2 Å². The quantitative estimate of drug-likeness (QED) is 0.374. The van der Waals surface area contributed by atoms with Crippen LogP contribution in [0, 0.1) is 11.3 Å². The van der Waals surface area contributed by atoms with Crippen molar-refractivity contribution in [3.8, 4) is 17.6 Å². The Morgan fingerprint density at radius 1 is 1.26 bits per heavy atom.